The minimum absolute atomic E-state index is 0.196. The van der Waals surface area contributed by atoms with Crippen molar-refractivity contribution in [2.24, 2.45) is 0 Å². The van der Waals surface area contributed by atoms with Gasteiger partial charge in [-0.3, -0.25) is 10.1 Å². The summed E-state index contributed by atoms with van der Waals surface area (Å²) >= 11 is 1.68. The molecule has 2 rings (SSSR count). The number of nitrogens with one attached hydrogen (secondary N) is 2. The molecule has 1 atom stereocenters. The molecule has 0 bridgehead atoms. The lowest BCUT2D eigenvalue weighted by molar-refractivity contribution is -0.116. The van der Waals surface area contributed by atoms with E-state index in [9.17, 15) is 4.79 Å². The van der Waals surface area contributed by atoms with Gasteiger partial charge in [0.15, 0.2) is 0 Å². The number of thioether (sulfide) groups is 1. The van der Waals surface area contributed by atoms with E-state index in [1.54, 1.807) is 37.9 Å². The summed E-state index contributed by atoms with van der Waals surface area (Å²) in [7, 11) is 0. The van der Waals surface area contributed by atoms with Crippen LogP contribution in [0.25, 0.3) is 0 Å². The third-order valence-corrected chi connectivity index (χ3v) is 3.51. The van der Waals surface area contributed by atoms with Crippen LogP contribution in [-0.4, -0.2) is 27.8 Å². The molecule has 2 N–H and O–H groups in total. The Hall–Kier alpha value is -2.02. The second-order valence-corrected chi connectivity index (χ2v) is 5.79. The molecule has 6 nitrogen and oxygen atoms in total. The Labute approximate surface area is 127 Å². The van der Waals surface area contributed by atoms with Crippen LogP contribution in [0.1, 0.15) is 19.5 Å². The van der Waals surface area contributed by atoms with Crippen molar-refractivity contribution in [1.29, 1.82) is 0 Å². The van der Waals surface area contributed by atoms with Crippen LogP contribution in [0.4, 0.5) is 11.6 Å². The van der Waals surface area contributed by atoms with Gasteiger partial charge in [-0.05, 0) is 31.7 Å². The Balaban J connectivity index is 1.90. The fraction of sp³-hybridized carbons (Fsp3) is 0.357. The molecule has 21 heavy (non-hydrogen) atoms. The van der Waals surface area contributed by atoms with E-state index in [-0.39, 0.29) is 5.91 Å². The third kappa shape index (κ3) is 4.49. The monoisotopic (exact) mass is 306 g/mol. The van der Waals surface area contributed by atoms with E-state index >= 15 is 0 Å². The summed E-state index contributed by atoms with van der Waals surface area (Å²) in [4.78, 5) is 16.3. The van der Waals surface area contributed by atoms with Crippen LogP contribution in [0.5, 0.6) is 0 Å². The molecule has 1 amide bonds. The van der Waals surface area contributed by atoms with Gasteiger partial charge in [-0.2, -0.15) is 0 Å². The number of amides is 1. The van der Waals surface area contributed by atoms with Gasteiger partial charge in [0.25, 0.3) is 0 Å². The summed E-state index contributed by atoms with van der Waals surface area (Å²) in [5, 5.41) is 10.4. The zero-order chi connectivity index (χ0) is 15.2. The van der Waals surface area contributed by atoms with E-state index in [1.807, 2.05) is 12.1 Å². The van der Waals surface area contributed by atoms with Gasteiger partial charge in [0, 0.05) is 6.07 Å². The molecule has 0 unspecified atom stereocenters. The number of rotatable bonds is 6. The number of aromatic nitrogens is 2. The molecule has 0 saturated heterocycles. The lowest BCUT2D eigenvalue weighted by Gasteiger charge is -2.13. The Morgan fingerprint density at radius 2 is 2.29 bits per heavy atom. The molecule has 0 aliphatic carbocycles. The van der Waals surface area contributed by atoms with Crippen molar-refractivity contribution in [1.82, 2.24) is 10.1 Å². The smallest absolute Gasteiger partial charge is 0.248 e. The molecular weight excluding hydrogens is 288 g/mol. The first-order valence-corrected chi connectivity index (χ1v) is 7.66. The van der Waals surface area contributed by atoms with Crippen molar-refractivity contribution in [2.75, 3.05) is 16.4 Å². The van der Waals surface area contributed by atoms with E-state index in [0.717, 1.165) is 22.2 Å². The van der Waals surface area contributed by atoms with E-state index in [2.05, 4.69) is 27.7 Å². The number of nitrogens with zero attached hydrogens (tertiary/aromatic N) is 2. The number of carbonyl (C=O) groups excluding carboxylic acids is 1. The minimum atomic E-state index is -0.415. The number of anilines is 2. The van der Waals surface area contributed by atoms with E-state index in [1.165, 1.54) is 0 Å². The Bertz CT molecular complexity index is 597. The van der Waals surface area contributed by atoms with Crippen molar-refractivity contribution in [2.45, 2.75) is 31.8 Å². The van der Waals surface area contributed by atoms with Crippen molar-refractivity contribution in [3.63, 3.8) is 0 Å². The van der Waals surface area contributed by atoms with Crippen molar-refractivity contribution in [3.8, 4) is 0 Å². The van der Waals surface area contributed by atoms with E-state index in [0.29, 0.717) is 5.88 Å². The topological polar surface area (TPSA) is 80.0 Å². The molecule has 0 fully saturated rings. The van der Waals surface area contributed by atoms with Gasteiger partial charge in [-0.1, -0.05) is 12.1 Å². The highest BCUT2D eigenvalue weighted by Gasteiger charge is 2.14. The first kappa shape index (κ1) is 15.4. The second kappa shape index (κ2) is 7.12. The van der Waals surface area contributed by atoms with Gasteiger partial charge >= 0.3 is 0 Å². The molecule has 112 valence electrons. The maximum absolute atomic E-state index is 12.0. The average Bonchev–Trinajstić information content (AvgIpc) is 2.86. The predicted molar refractivity (Wildman–Crippen MR) is 83.6 cm³/mol. The minimum Gasteiger partial charge on any atom is -0.373 e. The lowest BCUT2D eigenvalue weighted by atomic mass is 10.3. The summed E-state index contributed by atoms with van der Waals surface area (Å²) in [5.74, 6) is 1.13. The van der Waals surface area contributed by atoms with Gasteiger partial charge in [0.1, 0.15) is 6.04 Å². The van der Waals surface area contributed by atoms with Gasteiger partial charge in [0.2, 0.25) is 11.8 Å². The molecular formula is C14H18N4O2S. The van der Waals surface area contributed by atoms with Crippen LogP contribution < -0.4 is 10.6 Å². The molecule has 0 radical (unpaired) electrons. The first-order valence-electron chi connectivity index (χ1n) is 6.68. The second-order valence-electron chi connectivity index (χ2n) is 4.51. The molecule has 0 aliphatic heterocycles. The number of hydrogen-bond donors (Lipinski definition) is 2. The van der Waals surface area contributed by atoms with Crippen LogP contribution in [0, 0.1) is 6.92 Å². The highest BCUT2D eigenvalue weighted by atomic mass is 32.2. The van der Waals surface area contributed by atoms with Crippen molar-refractivity contribution in [3.05, 3.63) is 30.1 Å². The van der Waals surface area contributed by atoms with Gasteiger partial charge in [-0.25, -0.2) is 4.98 Å². The fourth-order valence-electron chi connectivity index (χ4n) is 1.67. The van der Waals surface area contributed by atoms with Crippen LogP contribution in [0.3, 0.4) is 0 Å². The summed E-state index contributed by atoms with van der Waals surface area (Å²) < 4.78 is 4.95. The van der Waals surface area contributed by atoms with Crippen LogP contribution >= 0.6 is 11.8 Å². The Kier molecular flexibility index (Phi) is 5.21. The molecule has 2 aromatic heterocycles. The predicted octanol–water partition coefficient (Wildman–Crippen LogP) is 2.93. The number of carbonyl (C=O) groups is 1. The summed E-state index contributed by atoms with van der Waals surface area (Å²) in [5.41, 5.74) is 1.52. The summed E-state index contributed by atoms with van der Waals surface area (Å²) in [6, 6.07) is 5.10. The summed E-state index contributed by atoms with van der Waals surface area (Å²) in [6.07, 6.45) is 1.72. The fourth-order valence-corrected chi connectivity index (χ4v) is 2.25. The van der Waals surface area contributed by atoms with Crippen LogP contribution in [0.2, 0.25) is 0 Å². The van der Waals surface area contributed by atoms with Crippen molar-refractivity contribution >= 4 is 29.2 Å². The highest BCUT2D eigenvalue weighted by molar-refractivity contribution is 7.99. The molecule has 0 aliphatic rings. The first-order chi connectivity index (χ1) is 10.1. The zero-order valence-electron chi connectivity index (χ0n) is 12.2. The molecule has 2 aromatic rings. The normalized spacial score (nSPS) is 12.0. The molecule has 0 spiro atoms. The number of pyridine rings is 1. The van der Waals surface area contributed by atoms with Gasteiger partial charge in [-0.15, -0.1) is 11.8 Å². The maximum Gasteiger partial charge on any atom is 0.248 e. The Morgan fingerprint density at radius 1 is 1.48 bits per heavy atom. The average molecular weight is 306 g/mol. The molecule has 0 aromatic carbocycles. The van der Waals surface area contributed by atoms with E-state index in [4.69, 9.17) is 4.52 Å². The van der Waals surface area contributed by atoms with Crippen molar-refractivity contribution < 1.29 is 9.32 Å². The SMILES string of the molecule is CCSc1ccc(N[C@H](C)C(=O)Nc2cc(C)no2)cn1. The molecule has 0 saturated carbocycles. The van der Waals surface area contributed by atoms with Gasteiger partial charge in [0.05, 0.1) is 22.6 Å². The third-order valence-electron chi connectivity index (χ3n) is 2.68. The van der Waals surface area contributed by atoms with E-state index < -0.39 is 6.04 Å². The van der Waals surface area contributed by atoms with Crippen LogP contribution in [0.15, 0.2) is 33.9 Å². The highest BCUT2D eigenvalue weighted by Crippen LogP contribution is 2.17. The zero-order valence-corrected chi connectivity index (χ0v) is 13.0. The number of aryl methyl sites for hydroxylation is 1. The summed E-state index contributed by atoms with van der Waals surface area (Å²) in [6.45, 7) is 5.64. The maximum atomic E-state index is 12.0. The standard InChI is InChI=1S/C14H18N4O2S/c1-4-21-13-6-5-11(8-15-13)16-10(3)14(19)17-12-7-9(2)18-20-12/h5-8,10,16H,4H2,1-3H3,(H,17,19)/t10-/m1/s1. The van der Waals surface area contributed by atoms with Gasteiger partial charge < -0.3 is 9.84 Å². The quantitative estimate of drug-likeness (QED) is 0.799. The van der Waals surface area contributed by atoms with Crippen LogP contribution in [-0.2, 0) is 4.79 Å². The number of hydrogen-bond acceptors (Lipinski definition) is 6. The lowest BCUT2D eigenvalue weighted by Crippen LogP contribution is -2.31. The Morgan fingerprint density at radius 3 is 2.86 bits per heavy atom. The molecule has 2 heterocycles. The largest absolute Gasteiger partial charge is 0.373 e. The molecule has 7 heteroatoms.